The summed E-state index contributed by atoms with van der Waals surface area (Å²) in [4.78, 5) is 25.7. The number of ether oxygens (including phenoxy) is 2. The van der Waals surface area contributed by atoms with Gasteiger partial charge in [-0.05, 0) is 30.5 Å². The van der Waals surface area contributed by atoms with Crippen molar-refractivity contribution in [2.45, 2.75) is 44.2 Å². The SMILES string of the molecule is O=C(NCc1ccccc1)NC1(C(=O)Nc2ccc3c(c2)OCCCO3)CCCC1. The van der Waals surface area contributed by atoms with Crippen LogP contribution in [0.5, 0.6) is 11.5 Å². The zero-order valence-electron chi connectivity index (χ0n) is 16.9. The predicted octanol–water partition coefficient (Wildman–Crippen LogP) is 3.60. The summed E-state index contributed by atoms with van der Waals surface area (Å²) in [6.07, 6.45) is 3.84. The fourth-order valence-electron chi connectivity index (χ4n) is 3.92. The molecule has 7 heteroatoms. The Hall–Kier alpha value is -3.22. The van der Waals surface area contributed by atoms with Crippen molar-refractivity contribution < 1.29 is 19.1 Å². The lowest BCUT2D eigenvalue weighted by Gasteiger charge is -2.29. The smallest absolute Gasteiger partial charge is 0.315 e. The molecule has 7 nitrogen and oxygen atoms in total. The highest BCUT2D eigenvalue weighted by Gasteiger charge is 2.42. The molecular formula is C23H27N3O4. The second-order valence-corrected chi connectivity index (χ2v) is 7.75. The molecule has 0 radical (unpaired) electrons. The molecular weight excluding hydrogens is 382 g/mol. The second kappa shape index (κ2) is 9.07. The van der Waals surface area contributed by atoms with Gasteiger partial charge in [-0.2, -0.15) is 0 Å². The predicted molar refractivity (Wildman–Crippen MR) is 114 cm³/mol. The summed E-state index contributed by atoms with van der Waals surface area (Å²) in [5.74, 6) is 1.10. The number of nitrogens with one attached hydrogen (secondary N) is 3. The number of hydrogen-bond acceptors (Lipinski definition) is 4. The third-order valence-electron chi connectivity index (χ3n) is 5.55. The Balaban J connectivity index is 1.41. The Bertz CT molecular complexity index is 895. The van der Waals surface area contributed by atoms with E-state index in [0.717, 1.165) is 24.8 Å². The number of hydrogen-bond donors (Lipinski definition) is 3. The van der Waals surface area contributed by atoms with Crippen molar-refractivity contribution in [3.05, 3.63) is 54.1 Å². The number of rotatable bonds is 5. The van der Waals surface area contributed by atoms with Crippen LogP contribution in [0.4, 0.5) is 10.5 Å². The Morgan fingerprint density at radius 3 is 2.40 bits per heavy atom. The van der Waals surface area contributed by atoms with E-state index < -0.39 is 5.54 Å². The van der Waals surface area contributed by atoms with Crippen LogP contribution in [0.1, 0.15) is 37.7 Å². The van der Waals surface area contributed by atoms with Gasteiger partial charge in [0.05, 0.1) is 13.2 Å². The van der Waals surface area contributed by atoms with Crippen LogP contribution in [0.3, 0.4) is 0 Å². The largest absolute Gasteiger partial charge is 0.490 e. The van der Waals surface area contributed by atoms with Crippen molar-refractivity contribution in [1.29, 1.82) is 0 Å². The van der Waals surface area contributed by atoms with E-state index in [4.69, 9.17) is 9.47 Å². The molecule has 1 aliphatic heterocycles. The van der Waals surface area contributed by atoms with E-state index in [1.807, 2.05) is 30.3 Å². The number of amides is 3. The molecule has 1 aliphatic carbocycles. The quantitative estimate of drug-likeness (QED) is 0.704. The molecule has 2 aromatic rings. The molecule has 1 heterocycles. The molecule has 2 aromatic carbocycles. The average molecular weight is 409 g/mol. The Kier molecular flexibility index (Phi) is 6.07. The third-order valence-corrected chi connectivity index (χ3v) is 5.55. The van der Waals surface area contributed by atoms with Gasteiger partial charge in [-0.15, -0.1) is 0 Å². The lowest BCUT2D eigenvalue weighted by atomic mass is 9.96. The molecule has 3 N–H and O–H groups in total. The van der Waals surface area contributed by atoms with Gasteiger partial charge in [-0.1, -0.05) is 43.2 Å². The fourth-order valence-corrected chi connectivity index (χ4v) is 3.92. The highest BCUT2D eigenvalue weighted by Crippen LogP contribution is 2.34. The molecule has 0 saturated heterocycles. The van der Waals surface area contributed by atoms with Gasteiger partial charge in [0, 0.05) is 24.7 Å². The number of benzene rings is 2. The fraction of sp³-hybridized carbons (Fsp3) is 0.391. The molecule has 0 atom stereocenters. The molecule has 0 aromatic heterocycles. The van der Waals surface area contributed by atoms with Gasteiger partial charge < -0.3 is 25.4 Å². The zero-order chi connectivity index (χ0) is 20.8. The summed E-state index contributed by atoms with van der Waals surface area (Å²) in [6.45, 7) is 1.61. The Morgan fingerprint density at radius 2 is 1.63 bits per heavy atom. The molecule has 1 saturated carbocycles. The highest BCUT2D eigenvalue weighted by molar-refractivity contribution is 6.00. The van der Waals surface area contributed by atoms with E-state index >= 15 is 0 Å². The minimum atomic E-state index is -0.912. The summed E-state index contributed by atoms with van der Waals surface area (Å²) in [5.41, 5.74) is 0.720. The number of anilines is 1. The monoisotopic (exact) mass is 409 g/mol. The molecule has 0 bridgehead atoms. The molecule has 0 spiro atoms. The van der Waals surface area contributed by atoms with Crippen molar-refractivity contribution in [2.75, 3.05) is 18.5 Å². The van der Waals surface area contributed by atoms with Crippen LogP contribution < -0.4 is 25.4 Å². The lowest BCUT2D eigenvalue weighted by Crippen LogP contribution is -2.57. The zero-order valence-corrected chi connectivity index (χ0v) is 16.9. The first kappa shape index (κ1) is 20.1. The van der Waals surface area contributed by atoms with E-state index in [2.05, 4.69) is 16.0 Å². The number of carbonyl (C=O) groups is 2. The molecule has 1 fully saturated rings. The van der Waals surface area contributed by atoms with E-state index in [0.29, 0.717) is 49.8 Å². The number of urea groups is 1. The van der Waals surface area contributed by atoms with Crippen LogP contribution in [0, 0.1) is 0 Å². The first-order valence-electron chi connectivity index (χ1n) is 10.5. The van der Waals surface area contributed by atoms with Crippen LogP contribution in [-0.2, 0) is 11.3 Å². The molecule has 2 aliphatic rings. The van der Waals surface area contributed by atoms with Gasteiger partial charge in [-0.3, -0.25) is 4.79 Å². The van der Waals surface area contributed by atoms with Gasteiger partial charge in [0.2, 0.25) is 5.91 Å². The molecule has 4 rings (SSSR count). The van der Waals surface area contributed by atoms with Crippen molar-refractivity contribution >= 4 is 17.6 Å². The summed E-state index contributed by atoms with van der Waals surface area (Å²) < 4.78 is 11.3. The molecule has 3 amide bonds. The molecule has 158 valence electrons. The Morgan fingerprint density at radius 1 is 0.900 bits per heavy atom. The van der Waals surface area contributed by atoms with Crippen molar-refractivity contribution in [1.82, 2.24) is 10.6 Å². The summed E-state index contributed by atoms with van der Waals surface area (Å²) in [5, 5.41) is 8.74. The number of fused-ring (bicyclic) bond motifs is 1. The maximum absolute atomic E-state index is 13.2. The second-order valence-electron chi connectivity index (χ2n) is 7.75. The summed E-state index contributed by atoms with van der Waals surface area (Å²) in [7, 11) is 0. The topological polar surface area (TPSA) is 88.7 Å². The summed E-state index contributed by atoms with van der Waals surface area (Å²) in [6, 6.07) is 14.7. The maximum Gasteiger partial charge on any atom is 0.315 e. The van der Waals surface area contributed by atoms with Crippen LogP contribution in [-0.4, -0.2) is 30.7 Å². The minimum Gasteiger partial charge on any atom is -0.490 e. The Labute approximate surface area is 176 Å². The van der Waals surface area contributed by atoms with E-state index in [1.165, 1.54) is 0 Å². The van der Waals surface area contributed by atoms with Crippen molar-refractivity contribution in [2.24, 2.45) is 0 Å². The van der Waals surface area contributed by atoms with Gasteiger partial charge in [0.15, 0.2) is 11.5 Å². The minimum absolute atomic E-state index is 0.204. The van der Waals surface area contributed by atoms with Crippen LogP contribution in [0.2, 0.25) is 0 Å². The van der Waals surface area contributed by atoms with Crippen molar-refractivity contribution in [3.63, 3.8) is 0 Å². The van der Waals surface area contributed by atoms with E-state index in [1.54, 1.807) is 18.2 Å². The van der Waals surface area contributed by atoms with Gasteiger partial charge in [0.25, 0.3) is 0 Å². The lowest BCUT2D eigenvalue weighted by molar-refractivity contribution is -0.121. The number of carbonyl (C=O) groups excluding carboxylic acids is 2. The van der Waals surface area contributed by atoms with E-state index in [-0.39, 0.29) is 11.9 Å². The standard InChI is InChI=1S/C23H27N3O4/c27-21(25-18-9-10-19-20(15-18)30-14-6-13-29-19)23(11-4-5-12-23)26-22(28)24-16-17-7-2-1-3-8-17/h1-3,7-10,15H,4-6,11-14,16H2,(H,25,27)(H2,24,26,28). The van der Waals surface area contributed by atoms with Gasteiger partial charge in [-0.25, -0.2) is 4.79 Å². The average Bonchev–Trinajstić information content (AvgIpc) is 3.11. The molecule has 30 heavy (non-hydrogen) atoms. The van der Waals surface area contributed by atoms with Crippen molar-refractivity contribution in [3.8, 4) is 11.5 Å². The first-order chi connectivity index (χ1) is 14.6. The molecule has 0 unspecified atom stereocenters. The summed E-state index contributed by atoms with van der Waals surface area (Å²) >= 11 is 0. The third kappa shape index (κ3) is 4.67. The highest BCUT2D eigenvalue weighted by atomic mass is 16.5. The maximum atomic E-state index is 13.2. The van der Waals surface area contributed by atoms with Crippen LogP contribution in [0.25, 0.3) is 0 Å². The van der Waals surface area contributed by atoms with Gasteiger partial charge in [0.1, 0.15) is 5.54 Å². The van der Waals surface area contributed by atoms with E-state index in [9.17, 15) is 9.59 Å². The van der Waals surface area contributed by atoms with Crippen LogP contribution in [0.15, 0.2) is 48.5 Å². The first-order valence-corrected chi connectivity index (χ1v) is 10.5. The van der Waals surface area contributed by atoms with Crippen LogP contribution >= 0.6 is 0 Å². The normalized spacial score (nSPS) is 16.9. The van der Waals surface area contributed by atoms with Gasteiger partial charge >= 0.3 is 6.03 Å².